The van der Waals surface area contributed by atoms with Gasteiger partial charge in [-0.2, -0.15) is 0 Å². The van der Waals surface area contributed by atoms with Crippen LogP contribution in [0.5, 0.6) is 0 Å². The molecule has 2 heteroatoms. The molecule has 4 atom stereocenters. The largest absolute Gasteiger partial charge is 0.392 e. The van der Waals surface area contributed by atoms with Crippen LogP contribution in [-0.4, -0.2) is 22.4 Å². The van der Waals surface area contributed by atoms with Crippen molar-refractivity contribution in [2.45, 2.75) is 39.9 Å². The smallest absolute Gasteiger partial charge is 0.0795 e. The van der Waals surface area contributed by atoms with Gasteiger partial charge in [0.1, 0.15) is 0 Å². The lowest BCUT2D eigenvalue weighted by Gasteiger charge is -2.29. The monoisotopic (exact) mass is 198 g/mol. The molecule has 0 heterocycles. The molecule has 0 spiro atoms. The van der Waals surface area contributed by atoms with Crippen LogP contribution in [-0.2, 0) is 0 Å². The molecule has 0 aliphatic heterocycles. The van der Waals surface area contributed by atoms with Crippen molar-refractivity contribution < 1.29 is 10.2 Å². The first kappa shape index (κ1) is 13.4. The summed E-state index contributed by atoms with van der Waals surface area (Å²) >= 11 is 0. The highest BCUT2D eigenvalue weighted by atomic mass is 16.3. The van der Waals surface area contributed by atoms with Crippen molar-refractivity contribution >= 4 is 0 Å². The molecule has 2 N–H and O–H groups in total. The molecule has 0 aliphatic carbocycles. The van der Waals surface area contributed by atoms with E-state index in [4.69, 9.17) is 0 Å². The second kappa shape index (κ2) is 5.32. The highest BCUT2D eigenvalue weighted by molar-refractivity contribution is 5.04. The lowest BCUT2D eigenvalue weighted by molar-refractivity contribution is 0.0172. The van der Waals surface area contributed by atoms with Gasteiger partial charge in [-0.3, -0.25) is 0 Å². The minimum Gasteiger partial charge on any atom is -0.392 e. The van der Waals surface area contributed by atoms with E-state index in [2.05, 4.69) is 13.2 Å². The third kappa shape index (κ3) is 3.28. The van der Waals surface area contributed by atoms with Crippen LogP contribution in [0.2, 0.25) is 0 Å². The van der Waals surface area contributed by atoms with Gasteiger partial charge >= 0.3 is 0 Å². The van der Waals surface area contributed by atoms with Crippen molar-refractivity contribution in [1.29, 1.82) is 0 Å². The Kier molecular flexibility index (Phi) is 5.09. The number of rotatable bonds is 5. The first-order valence-corrected chi connectivity index (χ1v) is 4.96. The highest BCUT2D eigenvalue weighted by Gasteiger charge is 2.27. The van der Waals surface area contributed by atoms with Crippen LogP contribution in [0.4, 0.5) is 0 Å². The Hall–Kier alpha value is -0.600. The normalized spacial score (nSPS) is 19.6. The molecule has 0 rings (SSSR count). The first-order valence-electron chi connectivity index (χ1n) is 4.96. The van der Waals surface area contributed by atoms with E-state index in [0.29, 0.717) is 5.57 Å². The van der Waals surface area contributed by atoms with Gasteiger partial charge in [0.2, 0.25) is 0 Å². The van der Waals surface area contributed by atoms with E-state index in [1.807, 2.05) is 20.8 Å². The number of aliphatic hydroxyl groups is 2. The Morgan fingerprint density at radius 3 is 1.71 bits per heavy atom. The molecule has 0 aliphatic rings. The van der Waals surface area contributed by atoms with E-state index >= 15 is 0 Å². The van der Waals surface area contributed by atoms with E-state index in [1.165, 1.54) is 0 Å². The quantitative estimate of drug-likeness (QED) is 0.664. The van der Waals surface area contributed by atoms with Gasteiger partial charge in [0.25, 0.3) is 0 Å². The van der Waals surface area contributed by atoms with Crippen molar-refractivity contribution in [3.63, 3.8) is 0 Å². The summed E-state index contributed by atoms with van der Waals surface area (Å²) in [5.41, 5.74) is 1.61. The van der Waals surface area contributed by atoms with Crippen LogP contribution >= 0.6 is 0 Å². The van der Waals surface area contributed by atoms with Crippen molar-refractivity contribution in [3.8, 4) is 0 Å². The summed E-state index contributed by atoms with van der Waals surface area (Å²) in [5, 5.41) is 19.6. The van der Waals surface area contributed by atoms with Gasteiger partial charge in [-0.1, -0.05) is 38.2 Å². The molecule has 82 valence electrons. The molecule has 0 saturated heterocycles. The SMILES string of the molecule is C=C(C)C(C)C(O)C(C)C(O)C(=C)C. The lowest BCUT2D eigenvalue weighted by Crippen LogP contribution is -2.34. The fraction of sp³-hybridized carbons (Fsp3) is 0.667. The standard InChI is InChI=1S/C12H22O2/c1-7(2)9(5)12(14)10(6)11(13)8(3)4/h9-14H,1,3H2,2,4-6H3. The molecular formula is C12H22O2. The summed E-state index contributed by atoms with van der Waals surface area (Å²) in [5.74, 6) is -0.210. The molecule has 14 heavy (non-hydrogen) atoms. The average Bonchev–Trinajstić information content (AvgIpc) is 2.12. The first-order chi connectivity index (χ1) is 6.29. The molecule has 0 saturated carbocycles. The van der Waals surface area contributed by atoms with Gasteiger partial charge in [-0.15, -0.1) is 0 Å². The van der Waals surface area contributed by atoms with E-state index in [1.54, 1.807) is 6.92 Å². The van der Waals surface area contributed by atoms with E-state index in [0.717, 1.165) is 5.57 Å². The van der Waals surface area contributed by atoms with Crippen molar-refractivity contribution in [2.75, 3.05) is 0 Å². The molecule has 0 aromatic carbocycles. The summed E-state index contributed by atoms with van der Waals surface area (Å²) in [7, 11) is 0. The van der Waals surface area contributed by atoms with Crippen LogP contribution in [0.1, 0.15) is 27.7 Å². The van der Waals surface area contributed by atoms with Crippen molar-refractivity contribution in [1.82, 2.24) is 0 Å². The maximum Gasteiger partial charge on any atom is 0.0795 e. The summed E-state index contributed by atoms with van der Waals surface area (Å²) < 4.78 is 0. The van der Waals surface area contributed by atoms with Gasteiger partial charge in [0.05, 0.1) is 12.2 Å². The summed E-state index contributed by atoms with van der Waals surface area (Å²) in [6, 6.07) is 0. The van der Waals surface area contributed by atoms with Gasteiger partial charge in [0.15, 0.2) is 0 Å². The molecule has 0 aromatic heterocycles. The second-order valence-electron chi connectivity index (χ2n) is 4.28. The van der Waals surface area contributed by atoms with Crippen LogP contribution in [0.3, 0.4) is 0 Å². The third-order valence-electron chi connectivity index (χ3n) is 2.83. The van der Waals surface area contributed by atoms with E-state index in [-0.39, 0.29) is 11.8 Å². The van der Waals surface area contributed by atoms with E-state index in [9.17, 15) is 10.2 Å². The van der Waals surface area contributed by atoms with Crippen LogP contribution in [0.15, 0.2) is 24.3 Å². The molecule has 4 unspecified atom stereocenters. The molecule has 0 radical (unpaired) electrons. The van der Waals surface area contributed by atoms with Crippen LogP contribution in [0, 0.1) is 11.8 Å². The predicted octanol–water partition coefficient (Wildman–Crippen LogP) is 2.13. The maximum atomic E-state index is 9.91. The van der Waals surface area contributed by atoms with Gasteiger partial charge in [0, 0.05) is 11.8 Å². The fourth-order valence-corrected chi connectivity index (χ4v) is 1.38. The van der Waals surface area contributed by atoms with Gasteiger partial charge in [-0.05, 0) is 13.8 Å². The summed E-state index contributed by atoms with van der Waals surface area (Å²) in [6.07, 6.45) is -1.22. The Morgan fingerprint density at radius 2 is 1.43 bits per heavy atom. The Morgan fingerprint density at radius 1 is 1.00 bits per heavy atom. The van der Waals surface area contributed by atoms with Crippen molar-refractivity contribution in [2.24, 2.45) is 11.8 Å². The van der Waals surface area contributed by atoms with Crippen LogP contribution < -0.4 is 0 Å². The topological polar surface area (TPSA) is 40.5 Å². The molecular weight excluding hydrogens is 176 g/mol. The van der Waals surface area contributed by atoms with Crippen LogP contribution in [0.25, 0.3) is 0 Å². The lowest BCUT2D eigenvalue weighted by atomic mass is 9.84. The Bertz CT molecular complexity index is 196. The zero-order valence-corrected chi connectivity index (χ0v) is 9.62. The minimum atomic E-state index is -0.646. The Balaban J connectivity index is 4.45. The van der Waals surface area contributed by atoms with Crippen molar-refractivity contribution in [3.05, 3.63) is 24.3 Å². The second-order valence-corrected chi connectivity index (χ2v) is 4.28. The van der Waals surface area contributed by atoms with E-state index < -0.39 is 12.2 Å². The fourth-order valence-electron chi connectivity index (χ4n) is 1.38. The molecule has 0 bridgehead atoms. The summed E-state index contributed by atoms with van der Waals surface area (Å²) in [6.45, 7) is 14.9. The number of hydrogen-bond donors (Lipinski definition) is 2. The van der Waals surface area contributed by atoms with Gasteiger partial charge in [-0.25, -0.2) is 0 Å². The minimum absolute atomic E-state index is 0.000926. The third-order valence-corrected chi connectivity index (χ3v) is 2.83. The maximum absolute atomic E-state index is 9.91. The predicted molar refractivity (Wildman–Crippen MR) is 60.0 cm³/mol. The molecule has 0 fully saturated rings. The zero-order chi connectivity index (χ0) is 11.5. The molecule has 0 aromatic rings. The Labute approximate surface area is 87.0 Å². The number of hydrogen-bond acceptors (Lipinski definition) is 2. The summed E-state index contributed by atoms with van der Waals surface area (Å²) in [4.78, 5) is 0. The molecule has 0 amide bonds. The zero-order valence-electron chi connectivity index (χ0n) is 9.62. The average molecular weight is 198 g/mol. The number of aliphatic hydroxyl groups excluding tert-OH is 2. The van der Waals surface area contributed by atoms with Gasteiger partial charge < -0.3 is 10.2 Å². The highest BCUT2D eigenvalue weighted by Crippen LogP contribution is 2.23. The molecule has 2 nitrogen and oxygen atoms in total.